The molecule has 1 aliphatic heterocycles. The molecular formula is C23H25FN4O3. The van der Waals surface area contributed by atoms with E-state index in [1.807, 2.05) is 13.8 Å². The van der Waals surface area contributed by atoms with Gasteiger partial charge in [-0.15, -0.1) is 0 Å². The molecule has 0 saturated heterocycles. The van der Waals surface area contributed by atoms with Crippen LogP contribution in [0.15, 0.2) is 53.6 Å². The Morgan fingerprint density at radius 3 is 2.23 bits per heavy atom. The molecule has 31 heavy (non-hydrogen) atoms. The van der Waals surface area contributed by atoms with Crippen molar-refractivity contribution < 1.29 is 18.8 Å². The molecule has 0 unspecified atom stereocenters. The first-order chi connectivity index (χ1) is 14.8. The largest absolute Gasteiger partial charge is 0.326 e. The maximum absolute atomic E-state index is 13.1. The van der Waals surface area contributed by atoms with Crippen molar-refractivity contribution in [2.75, 3.05) is 10.6 Å². The van der Waals surface area contributed by atoms with Crippen LogP contribution in [0.5, 0.6) is 0 Å². The van der Waals surface area contributed by atoms with Gasteiger partial charge in [0.25, 0.3) is 5.91 Å². The van der Waals surface area contributed by atoms with E-state index in [-0.39, 0.29) is 48.6 Å². The van der Waals surface area contributed by atoms with Crippen LogP contribution in [0.1, 0.15) is 38.7 Å². The zero-order chi connectivity index (χ0) is 22.4. The third kappa shape index (κ3) is 6.47. The Morgan fingerprint density at radius 1 is 1.00 bits per heavy atom. The summed E-state index contributed by atoms with van der Waals surface area (Å²) in [7, 11) is 0. The van der Waals surface area contributed by atoms with Crippen molar-refractivity contribution in [3.63, 3.8) is 0 Å². The molecule has 162 valence electrons. The van der Waals surface area contributed by atoms with Gasteiger partial charge in [0.05, 0.1) is 6.54 Å². The average molecular weight is 424 g/mol. The summed E-state index contributed by atoms with van der Waals surface area (Å²) in [4.78, 5) is 36.6. The van der Waals surface area contributed by atoms with Gasteiger partial charge in [0.2, 0.25) is 11.8 Å². The molecule has 3 amide bonds. The van der Waals surface area contributed by atoms with E-state index in [1.165, 1.54) is 17.1 Å². The Hall–Kier alpha value is -3.55. The zero-order valence-corrected chi connectivity index (χ0v) is 17.5. The zero-order valence-electron chi connectivity index (χ0n) is 17.5. The van der Waals surface area contributed by atoms with Crippen LogP contribution in [-0.2, 0) is 20.9 Å². The summed E-state index contributed by atoms with van der Waals surface area (Å²) in [6.07, 6.45) is 0.855. The third-order valence-electron chi connectivity index (χ3n) is 4.63. The van der Waals surface area contributed by atoms with Gasteiger partial charge in [-0.1, -0.05) is 26.0 Å². The van der Waals surface area contributed by atoms with Crippen LogP contribution in [0.4, 0.5) is 15.8 Å². The molecule has 0 radical (unpaired) electrons. The van der Waals surface area contributed by atoms with E-state index in [9.17, 15) is 18.8 Å². The molecule has 2 aromatic carbocycles. The van der Waals surface area contributed by atoms with Gasteiger partial charge in [-0.05, 0) is 47.9 Å². The summed E-state index contributed by atoms with van der Waals surface area (Å²) in [5.41, 5.74) is 2.16. The van der Waals surface area contributed by atoms with Gasteiger partial charge < -0.3 is 10.6 Å². The molecular weight excluding hydrogens is 399 g/mol. The monoisotopic (exact) mass is 424 g/mol. The minimum Gasteiger partial charge on any atom is -0.326 e. The van der Waals surface area contributed by atoms with Crippen molar-refractivity contribution in [3.05, 3.63) is 59.9 Å². The number of anilines is 2. The van der Waals surface area contributed by atoms with E-state index < -0.39 is 5.91 Å². The molecule has 7 nitrogen and oxygen atoms in total. The Labute approximate surface area is 180 Å². The van der Waals surface area contributed by atoms with E-state index in [1.54, 1.807) is 36.4 Å². The molecule has 1 aliphatic rings. The maximum atomic E-state index is 13.1. The van der Waals surface area contributed by atoms with Gasteiger partial charge >= 0.3 is 0 Å². The lowest BCUT2D eigenvalue weighted by molar-refractivity contribution is -0.132. The molecule has 0 bridgehead atoms. The number of amides is 3. The molecule has 0 spiro atoms. The summed E-state index contributed by atoms with van der Waals surface area (Å²) >= 11 is 0. The number of hydrogen-bond acceptors (Lipinski definition) is 4. The molecule has 2 N–H and O–H groups in total. The SMILES string of the molecule is CC(C)CC(=O)Nc1ccc(NC(=O)C2=NN(Cc3ccc(F)cc3)C(=O)CC2)cc1. The van der Waals surface area contributed by atoms with E-state index in [0.29, 0.717) is 17.8 Å². The fraction of sp³-hybridized carbons (Fsp3) is 0.304. The van der Waals surface area contributed by atoms with Gasteiger partial charge in [-0.25, -0.2) is 9.40 Å². The standard InChI is InChI=1S/C23H25FN4O3/c1-15(2)13-21(29)25-18-7-9-19(10-8-18)26-23(31)20-11-12-22(30)28(27-20)14-16-3-5-17(24)6-4-16/h3-10,15H,11-14H2,1-2H3,(H,25,29)(H,26,31). The lowest BCUT2D eigenvalue weighted by Gasteiger charge is -2.23. The summed E-state index contributed by atoms with van der Waals surface area (Å²) in [6, 6.07) is 12.6. The topological polar surface area (TPSA) is 90.9 Å². The second kappa shape index (κ2) is 9.97. The van der Waals surface area contributed by atoms with Gasteiger partial charge in [0.15, 0.2) is 0 Å². The highest BCUT2D eigenvalue weighted by atomic mass is 19.1. The smallest absolute Gasteiger partial charge is 0.271 e. The van der Waals surface area contributed by atoms with Crippen LogP contribution >= 0.6 is 0 Å². The summed E-state index contributed by atoms with van der Waals surface area (Å²) in [6.45, 7) is 4.11. The third-order valence-corrected chi connectivity index (χ3v) is 4.63. The molecule has 0 fully saturated rings. The first-order valence-electron chi connectivity index (χ1n) is 10.1. The highest BCUT2D eigenvalue weighted by Gasteiger charge is 2.24. The molecule has 2 aromatic rings. The quantitative estimate of drug-likeness (QED) is 0.706. The average Bonchev–Trinajstić information content (AvgIpc) is 2.72. The predicted molar refractivity (Wildman–Crippen MR) is 117 cm³/mol. The van der Waals surface area contributed by atoms with E-state index in [0.717, 1.165) is 5.56 Å². The van der Waals surface area contributed by atoms with Gasteiger partial charge in [-0.3, -0.25) is 14.4 Å². The van der Waals surface area contributed by atoms with Gasteiger partial charge in [-0.2, -0.15) is 5.10 Å². The number of nitrogens with zero attached hydrogens (tertiary/aromatic N) is 2. The molecule has 1 heterocycles. The van der Waals surface area contributed by atoms with Crippen molar-refractivity contribution in [3.8, 4) is 0 Å². The predicted octanol–water partition coefficient (Wildman–Crippen LogP) is 3.93. The second-order valence-electron chi connectivity index (χ2n) is 7.80. The van der Waals surface area contributed by atoms with Crippen LogP contribution in [0, 0.1) is 11.7 Å². The number of benzene rings is 2. The number of hydrazone groups is 1. The van der Waals surface area contributed by atoms with Gasteiger partial charge in [0, 0.05) is 30.6 Å². The first-order valence-corrected chi connectivity index (χ1v) is 10.1. The lowest BCUT2D eigenvalue weighted by Crippen LogP contribution is -2.36. The highest BCUT2D eigenvalue weighted by Crippen LogP contribution is 2.17. The number of nitrogens with one attached hydrogen (secondary N) is 2. The Kier molecular flexibility index (Phi) is 7.12. The van der Waals surface area contributed by atoms with E-state index >= 15 is 0 Å². The van der Waals surface area contributed by atoms with Crippen molar-refractivity contribution in [1.29, 1.82) is 0 Å². The van der Waals surface area contributed by atoms with Crippen LogP contribution in [0.2, 0.25) is 0 Å². The number of rotatable bonds is 7. The fourth-order valence-electron chi connectivity index (χ4n) is 3.07. The van der Waals surface area contributed by atoms with E-state index in [4.69, 9.17) is 0 Å². The fourth-order valence-corrected chi connectivity index (χ4v) is 3.07. The van der Waals surface area contributed by atoms with Crippen LogP contribution in [0.3, 0.4) is 0 Å². The van der Waals surface area contributed by atoms with Crippen LogP contribution in [0.25, 0.3) is 0 Å². The molecule has 8 heteroatoms. The van der Waals surface area contributed by atoms with Gasteiger partial charge in [0.1, 0.15) is 11.5 Å². The molecule has 3 rings (SSSR count). The van der Waals surface area contributed by atoms with Crippen molar-refractivity contribution >= 4 is 34.8 Å². The van der Waals surface area contributed by atoms with Crippen molar-refractivity contribution in [2.45, 2.75) is 39.7 Å². The maximum Gasteiger partial charge on any atom is 0.271 e. The highest BCUT2D eigenvalue weighted by molar-refractivity contribution is 6.43. The summed E-state index contributed by atoms with van der Waals surface area (Å²) in [5, 5.41) is 11.0. The number of hydrogen-bond donors (Lipinski definition) is 2. The Morgan fingerprint density at radius 2 is 1.61 bits per heavy atom. The van der Waals surface area contributed by atoms with Crippen LogP contribution < -0.4 is 10.6 Å². The molecule has 0 aliphatic carbocycles. The minimum atomic E-state index is -0.395. The van der Waals surface area contributed by atoms with Crippen molar-refractivity contribution in [1.82, 2.24) is 5.01 Å². The minimum absolute atomic E-state index is 0.0609. The number of carbonyl (C=O) groups is 3. The lowest BCUT2D eigenvalue weighted by atomic mass is 10.1. The van der Waals surface area contributed by atoms with Crippen LogP contribution in [-0.4, -0.2) is 28.4 Å². The summed E-state index contributed by atoms with van der Waals surface area (Å²) in [5.74, 6) is -0.739. The molecule has 0 aromatic heterocycles. The second-order valence-corrected chi connectivity index (χ2v) is 7.80. The number of carbonyl (C=O) groups excluding carboxylic acids is 3. The first kappa shape index (κ1) is 22.1. The van der Waals surface area contributed by atoms with E-state index in [2.05, 4.69) is 15.7 Å². The Balaban J connectivity index is 1.61. The molecule has 0 saturated carbocycles. The summed E-state index contributed by atoms with van der Waals surface area (Å²) < 4.78 is 13.1. The Bertz CT molecular complexity index is 985. The molecule has 0 atom stereocenters. The van der Waals surface area contributed by atoms with Crippen molar-refractivity contribution in [2.24, 2.45) is 11.0 Å². The number of halogens is 1. The normalized spacial score (nSPS) is 13.7.